The van der Waals surface area contributed by atoms with Gasteiger partial charge in [-0.25, -0.2) is 0 Å². The van der Waals surface area contributed by atoms with Crippen molar-refractivity contribution in [1.82, 2.24) is 10.5 Å². The summed E-state index contributed by atoms with van der Waals surface area (Å²) in [6, 6.07) is 3.87. The number of rotatable bonds is 5. The Balaban J connectivity index is 1.55. The molecule has 1 saturated heterocycles. The van der Waals surface area contributed by atoms with Gasteiger partial charge in [0.2, 0.25) is 0 Å². The zero-order valence-electron chi connectivity index (χ0n) is 9.64. The highest BCUT2D eigenvalue weighted by molar-refractivity contribution is 9.10. The summed E-state index contributed by atoms with van der Waals surface area (Å²) in [6.07, 6.45) is 3.94. The predicted octanol–water partition coefficient (Wildman–Crippen LogP) is 1.50. The fourth-order valence-electron chi connectivity index (χ4n) is 1.63. The molecule has 0 amide bonds. The molecular formula is C12H13BrN2O3. The number of halogens is 1. The van der Waals surface area contributed by atoms with E-state index in [1.165, 1.54) is 0 Å². The van der Waals surface area contributed by atoms with Gasteiger partial charge in [0.15, 0.2) is 0 Å². The number of epoxide rings is 1. The summed E-state index contributed by atoms with van der Waals surface area (Å²) in [6.45, 7) is 1.97. The average molecular weight is 313 g/mol. The second-order valence-corrected chi connectivity index (χ2v) is 5.11. The zero-order chi connectivity index (χ0) is 12.4. The summed E-state index contributed by atoms with van der Waals surface area (Å²) in [4.78, 5) is 9.69. The Morgan fingerprint density at radius 1 is 1.44 bits per heavy atom. The van der Waals surface area contributed by atoms with Crippen LogP contribution in [0.4, 0.5) is 0 Å². The van der Waals surface area contributed by atoms with Crippen LogP contribution in [-0.2, 0) is 14.3 Å². The van der Waals surface area contributed by atoms with Crippen molar-refractivity contribution in [3.05, 3.63) is 34.6 Å². The molecule has 1 unspecified atom stereocenters. The third kappa shape index (κ3) is 3.08. The van der Waals surface area contributed by atoms with E-state index >= 15 is 0 Å². The number of hydrogen-bond donors (Lipinski definition) is 1. The van der Waals surface area contributed by atoms with Crippen molar-refractivity contribution in [2.45, 2.75) is 12.2 Å². The molecule has 1 N–H and O–H groups in total. The normalized spacial score (nSPS) is 25.7. The fourth-order valence-corrected chi connectivity index (χ4v) is 1.86. The molecule has 0 saturated carbocycles. The van der Waals surface area contributed by atoms with E-state index in [2.05, 4.69) is 26.4 Å². The molecule has 96 valence electrons. The van der Waals surface area contributed by atoms with Gasteiger partial charge in [0.25, 0.3) is 0 Å². The van der Waals surface area contributed by atoms with E-state index in [0.717, 1.165) is 22.5 Å². The minimum absolute atomic E-state index is 0.0794. The first kappa shape index (κ1) is 12.1. The molecule has 6 heteroatoms. The minimum atomic E-state index is -0.0794. The Morgan fingerprint density at radius 2 is 2.33 bits per heavy atom. The third-order valence-corrected chi connectivity index (χ3v) is 3.13. The van der Waals surface area contributed by atoms with Gasteiger partial charge in [-0.15, -0.1) is 0 Å². The Labute approximate surface area is 113 Å². The van der Waals surface area contributed by atoms with E-state index in [-0.39, 0.29) is 12.2 Å². The molecule has 3 heterocycles. The SMILES string of the molecule is Brc1ccc(C2=C[C@@H](COCC3CO3)ON2)nc1. The third-order valence-electron chi connectivity index (χ3n) is 2.66. The van der Waals surface area contributed by atoms with Crippen LogP contribution in [0.25, 0.3) is 5.70 Å². The van der Waals surface area contributed by atoms with Crippen molar-refractivity contribution in [2.75, 3.05) is 19.8 Å². The van der Waals surface area contributed by atoms with E-state index < -0.39 is 0 Å². The molecule has 2 aliphatic heterocycles. The van der Waals surface area contributed by atoms with Crippen LogP contribution in [0.3, 0.4) is 0 Å². The Kier molecular flexibility index (Phi) is 3.60. The van der Waals surface area contributed by atoms with Crippen molar-refractivity contribution in [3.8, 4) is 0 Å². The molecule has 3 rings (SSSR count). The largest absolute Gasteiger partial charge is 0.376 e. The van der Waals surface area contributed by atoms with Crippen molar-refractivity contribution in [1.29, 1.82) is 0 Å². The second kappa shape index (κ2) is 5.36. The molecule has 5 nitrogen and oxygen atoms in total. The van der Waals surface area contributed by atoms with E-state index in [9.17, 15) is 0 Å². The summed E-state index contributed by atoms with van der Waals surface area (Å²) in [5.74, 6) is 0. The lowest BCUT2D eigenvalue weighted by molar-refractivity contribution is -0.0131. The number of aromatic nitrogens is 1. The molecule has 0 aromatic carbocycles. The maximum Gasteiger partial charge on any atom is 0.129 e. The molecule has 0 radical (unpaired) electrons. The quantitative estimate of drug-likeness (QED) is 0.835. The summed E-state index contributed by atoms with van der Waals surface area (Å²) < 4.78 is 11.5. The zero-order valence-corrected chi connectivity index (χ0v) is 11.2. The molecule has 0 spiro atoms. The van der Waals surface area contributed by atoms with Gasteiger partial charge in [0, 0.05) is 10.7 Å². The van der Waals surface area contributed by atoms with Crippen LogP contribution in [0, 0.1) is 0 Å². The highest BCUT2D eigenvalue weighted by Gasteiger charge is 2.24. The smallest absolute Gasteiger partial charge is 0.129 e. The van der Waals surface area contributed by atoms with Crippen molar-refractivity contribution in [2.24, 2.45) is 0 Å². The van der Waals surface area contributed by atoms with Gasteiger partial charge in [0.05, 0.1) is 31.2 Å². The van der Waals surface area contributed by atoms with Gasteiger partial charge >= 0.3 is 0 Å². The molecule has 1 aromatic rings. The average Bonchev–Trinajstić information content (AvgIpc) is 3.08. The van der Waals surface area contributed by atoms with Crippen LogP contribution in [-0.4, -0.2) is 37.0 Å². The van der Waals surface area contributed by atoms with Crippen molar-refractivity contribution >= 4 is 21.6 Å². The maximum absolute atomic E-state index is 5.48. The van der Waals surface area contributed by atoms with Gasteiger partial charge in [0.1, 0.15) is 12.2 Å². The summed E-state index contributed by atoms with van der Waals surface area (Å²) >= 11 is 3.35. The monoisotopic (exact) mass is 312 g/mol. The number of pyridine rings is 1. The molecular weight excluding hydrogens is 300 g/mol. The van der Waals surface area contributed by atoms with Gasteiger partial charge in [-0.3, -0.25) is 15.3 Å². The highest BCUT2D eigenvalue weighted by Crippen LogP contribution is 2.18. The number of hydroxylamine groups is 1. The number of hydrogen-bond acceptors (Lipinski definition) is 5. The Morgan fingerprint density at radius 3 is 3.06 bits per heavy atom. The molecule has 1 aromatic heterocycles. The van der Waals surface area contributed by atoms with Crippen LogP contribution in [0.2, 0.25) is 0 Å². The van der Waals surface area contributed by atoms with E-state index in [4.69, 9.17) is 14.3 Å². The van der Waals surface area contributed by atoms with Crippen molar-refractivity contribution in [3.63, 3.8) is 0 Å². The van der Waals surface area contributed by atoms with E-state index in [0.29, 0.717) is 13.2 Å². The molecule has 18 heavy (non-hydrogen) atoms. The first-order chi connectivity index (χ1) is 8.81. The first-order valence-corrected chi connectivity index (χ1v) is 6.55. The van der Waals surface area contributed by atoms with Crippen LogP contribution >= 0.6 is 15.9 Å². The predicted molar refractivity (Wildman–Crippen MR) is 68.5 cm³/mol. The maximum atomic E-state index is 5.48. The van der Waals surface area contributed by atoms with Crippen molar-refractivity contribution < 1.29 is 14.3 Å². The number of nitrogens with zero attached hydrogens (tertiary/aromatic N) is 1. The number of ether oxygens (including phenoxy) is 2. The highest BCUT2D eigenvalue weighted by atomic mass is 79.9. The van der Waals surface area contributed by atoms with Crippen LogP contribution in [0.1, 0.15) is 5.69 Å². The van der Waals surface area contributed by atoms with Gasteiger partial charge in [-0.2, -0.15) is 0 Å². The lowest BCUT2D eigenvalue weighted by Gasteiger charge is -2.07. The number of nitrogens with one attached hydrogen (secondary N) is 1. The van der Waals surface area contributed by atoms with Gasteiger partial charge in [-0.05, 0) is 34.1 Å². The van der Waals surface area contributed by atoms with E-state index in [1.54, 1.807) is 6.20 Å². The van der Waals surface area contributed by atoms with Crippen LogP contribution in [0.15, 0.2) is 28.9 Å². The van der Waals surface area contributed by atoms with Crippen LogP contribution < -0.4 is 5.48 Å². The Bertz CT molecular complexity index is 445. The standard InChI is InChI=1S/C12H13BrN2O3/c13-8-1-2-11(14-4-8)12-3-9(18-15-12)5-16-6-10-7-17-10/h1-4,9-10,15H,5-7H2/t9-,10?/m0/s1. The minimum Gasteiger partial charge on any atom is -0.376 e. The molecule has 2 atom stereocenters. The van der Waals surface area contributed by atoms with E-state index in [1.807, 2.05) is 18.2 Å². The summed E-state index contributed by atoms with van der Waals surface area (Å²) in [7, 11) is 0. The topological polar surface area (TPSA) is 55.9 Å². The lowest BCUT2D eigenvalue weighted by Crippen LogP contribution is -2.19. The molecule has 1 fully saturated rings. The summed E-state index contributed by atoms with van der Waals surface area (Å²) in [5, 5.41) is 0. The lowest BCUT2D eigenvalue weighted by atomic mass is 10.2. The Hall–Kier alpha value is -0.950. The first-order valence-electron chi connectivity index (χ1n) is 5.76. The molecule has 0 bridgehead atoms. The summed E-state index contributed by atoms with van der Waals surface area (Å²) in [5.41, 5.74) is 4.60. The van der Waals surface area contributed by atoms with Crippen LogP contribution in [0.5, 0.6) is 0 Å². The van der Waals surface area contributed by atoms with Gasteiger partial charge in [-0.1, -0.05) is 0 Å². The van der Waals surface area contributed by atoms with Gasteiger partial charge < -0.3 is 9.47 Å². The second-order valence-electron chi connectivity index (χ2n) is 4.19. The molecule has 2 aliphatic rings. The fraction of sp³-hybridized carbons (Fsp3) is 0.417. The molecule has 0 aliphatic carbocycles.